The van der Waals surface area contributed by atoms with Crippen molar-refractivity contribution < 1.29 is 14.7 Å². The molecule has 0 saturated heterocycles. The maximum Gasteiger partial charge on any atom is 0.274 e. The molecule has 0 radical (unpaired) electrons. The fraction of sp³-hybridized carbons (Fsp3) is 0.462. The lowest BCUT2D eigenvalue weighted by atomic mass is 10.1. The van der Waals surface area contributed by atoms with Crippen molar-refractivity contribution in [1.82, 2.24) is 5.48 Å². The number of carbonyl (C=O) groups is 1. The number of carbonyl (C=O) groups excluding carboxylic acids is 1. The fourth-order valence-corrected chi connectivity index (χ4v) is 1.96. The lowest BCUT2D eigenvalue weighted by Crippen LogP contribution is -2.28. The first-order valence-corrected chi connectivity index (χ1v) is 5.95. The molecular formula is C13H17NO3. The molecule has 1 fully saturated rings. The first kappa shape index (κ1) is 12.1. The van der Waals surface area contributed by atoms with Crippen LogP contribution < -0.4 is 5.48 Å². The summed E-state index contributed by atoms with van der Waals surface area (Å²) in [5.74, 6) is -0.235. The van der Waals surface area contributed by atoms with E-state index in [0.29, 0.717) is 5.56 Å². The number of hydroxylamine groups is 1. The maximum atomic E-state index is 11.7. The van der Waals surface area contributed by atoms with Crippen molar-refractivity contribution in [2.75, 3.05) is 0 Å². The van der Waals surface area contributed by atoms with E-state index in [1.54, 1.807) is 24.3 Å². The summed E-state index contributed by atoms with van der Waals surface area (Å²) >= 11 is 0. The Bertz CT molecular complexity index is 369. The Balaban J connectivity index is 1.85. The highest BCUT2D eigenvalue weighted by Gasteiger charge is 2.17. The number of hydrogen-bond acceptors (Lipinski definition) is 3. The Morgan fingerprint density at radius 1 is 1.29 bits per heavy atom. The number of nitrogens with one attached hydrogen (secondary N) is 1. The first-order chi connectivity index (χ1) is 8.29. The lowest BCUT2D eigenvalue weighted by molar-refractivity contribution is -0.0124. The third-order valence-corrected chi connectivity index (χ3v) is 3.02. The Labute approximate surface area is 101 Å². The minimum absolute atomic E-state index is 0.0134. The highest BCUT2D eigenvalue weighted by molar-refractivity contribution is 5.93. The van der Waals surface area contributed by atoms with Crippen LogP contribution >= 0.6 is 0 Å². The second-order valence-corrected chi connectivity index (χ2v) is 4.31. The monoisotopic (exact) mass is 235 g/mol. The van der Waals surface area contributed by atoms with Crippen LogP contribution in [0, 0.1) is 0 Å². The van der Waals surface area contributed by atoms with Gasteiger partial charge in [-0.15, -0.1) is 0 Å². The number of aliphatic hydroxyl groups excluding tert-OH is 1. The van der Waals surface area contributed by atoms with Gasteiger partial charge in [-0.1, -0.05) is 25.0 Å². The summed E-state index contributed by atoms with van der Waals surface area (Å²) in [6.07, 6.45) is 4.54. The van der Waals surface area contributed by atoms with Crippen LogP contribution in [0.3, 0.4) is 0 Å². The van der Waals surface area contributed by atoms with Crippen molar-refractivity contribution in [1.29, 1.82) is 0 Å². The van der Waals surface area contributed by atoms with E-state index in [0.717, 1.165) is 18.4 Å². The normalized spacial score (nSPS) is 16.1. The van der Waals surface area contributed by atoms with Gasteiger partial charge in [-0.05, 0) is 30.5 Å². The molecule has 0 bridgehead atoms. The molecule has 2 N–H and O–H groups in total. The number of amides is 1. The maximum absolute atomic E-state index is 11.7. The average molecular weight is 235 g/mol. The van der Waals surface area contributed by atoms with Crippen LogP contribution in [0.5, 0.6) is 0 Å². The molecule has 1 saturated carbocycles. The van der Waals surface area contributed by atoms with Gasteiger partial charge in [0, 0.05) is 5.56 Å². The molecule has 1 aromatic carbocycles. The molecule has 1 aliphatic rings. The van der Waals surface area contributed by atoms with Gasteiger partial charge in [0.2, 0.25) is 0 Å². The van der Waals surface area contributed by atoms with E-state index in [1.807, 2.05) is 0 Å². The first-order valence-electron chi connectivity index (χ1n) is 5.95. The largest absolute Gasteiger partial charge is 0.392 e. The van der Waals surface area contributed by atoms with Crippen LogP contribution in [-0.4, -0.2) is 17.1 Å². The molecule has 4 nitrogen and oxygen atoms in total. The van der Waals surface area contributed by atoms with Crippen molar-refractivity contribution in [3.05, 3.63) is 35.4 Å². The SMILES string of the molecule is O=C(NOC1CCCC1)c1ccc(CO)cc1. The number of rotatable bonds is 4. The summed E-state index contributed by atoms with van der Waals surface area (Å²) in [6.45, 7) is -0.0134. The van der Waals surface area contributed by atoms with E-state index < -0.39 is 0 Å². The summed E-state index contributed by atoms with van der Waals surface area (Å²) in [6, 6.07) is 6.81. The fourth-order valence-electron chi connectivity index (χ4n) is 1.96. The van der Waals surface area contributed by atoms with Crippen LogP contribution in [-0.2, 0) is 11.4 Å². The van der Waals surface area contributed by atoms with Crippen LogP contribution in [0.1, 0.15) is 41.6 Å². The van der Waals surface area contributed by atoms with E-state index in [1.165, 1.54) is 12.8 Å². The summed E-state index contributed by atoms with van der Waals surface area (Å²) in [5, 5.41) is 8.89. The third-order valence-electron chi connectivity index (χ3n) is 3.02. The van der Waals surface area contributed by atoms with Crippen molar-refractivity contribution in [3.63, 3.8) is 0 Å². The molecule has 1 amide bonds. The van der Waals surface area contributed by atoms with Gasteiger partial charge in [0.15, 0.2) is 0 Å². The molecule has 0 heterocycles. The van der Waals surface area contributed by atoms with Crippen LogP contribution in [0.25, 0.3) is 0 Å². The summed E-state index contributed by atoms with van der Waals surface area (Å²) in [5.41, 5.74) is 3.81. The minimum Gasteiger partial charge on any atom is -0.392 e. The summed E-state index contributed by atoms with van der Waals surface area (Å²) in [4.78, 5) is 17.0. The van der Waals surface area contributed by atoms with E-state index in [4.69, 9.17) is 9.94 Å². The van der Waals surface area contributed by atoms with Crippen molar-refractivity contribution in [2.45, 2.75) is 38.4 Å². The van der Waals surface area contributed by atoms with Gasteiger partial charge < -0.3 is 5.11 Å². The Morgan fingerprint density at radius 3 is 2.53 bits per heavy atom. The number of aliphatic hydroxyl groups is 1. The van der Waals surface area contributed by atoms with Gasteiger partial charge in [0.25, 0.3) is 5.91 Å². The predicted octanol–water partition coefficient (Wildman–Crippen LogP) is 1.78. The highest BCUT2D eigenvalue weighted by atomic mass is 16.7. The van der Waals surface area contributed by atoms with Gasteiger partial charge in [0.1, 0.15) is 0 Å². The Kier molecular flexibility index (Phi) is 4.12. The molecule has 2 rings (SSSR count). The number of benzene rings is 1. The Morgan fingerprint density at radius 2 is 1.94 bits per heavy atom. The zero-order valence-corrected chi connectivity index (χ0v) is 9.69. The molecule has 92 valence electrons. The lowest BCUT2D eigenvalue weighted by Gasteiger charge is -2.11. The van der Waals surface area contributed by atoms with E-state index in [9.17, 15) is 4.79 Å². The predicted molar refractivity (Wildman–Crippen MR) is 63.2 cm³/mol. The molecule has 0 atom stereocenters. The van der Waals surface area contributed by atoms with Gasteiger partial charge in [-0.25, -0.2) is 5.48 Å². The molecule has 0 aliphatic heterocycles. The molecular weight excluding hydrogens is 218 g/mol. The van der Waals surface area contributed by atoms with E-state index >= 15 is 0 Å². The smallest absolute Gasteiger partial charge is 0.274 e. The zero-order valence-electron chi connectivity index (χ0n) is 9.69. The average Bonchev–Trinajstić information content (AvgIpc) is 2.89. The molecule has 17 heavy (non-hydrogen) atoms. The molecule has 0 aromatic heterocycles. The van der Waals surface area contributed by atoms with Gasteiger partial charge in [-0.3, -0.25) is 9.63 Å². The van der Waals surface area contributed by atoms with Crippen molar-refractivity contribution in [3.8, 4) is 0 Å². The topological polar surface area (TPSA) is 58.6 Å². The van der Waals surface area contributed by atoms with Gasteiger partial charge >= 0.3 is 0 Å². The van der Waals surface area contributed by atoms with E-state index in [-0.39, 0.29) is 18.6 Å². The van der Waals surface area contributed by atoms with E-state index in [2.05, 4.69) is 5.48 Å². The molecule has 1 aromatic rings. The Hall–Kier alpha value is -1.39. The minimum atomic E-state index is -0.235. The molecule has 0 unspecified atom stereocenters. The van der Waals surface area contributed by atoms with Gasteiger partial charge in [0.05, 0.1) is 12.7 Å². The quantitative estimate of drug-likeness (QED) is 0.782. The van der Waals surface area contributed by atoms with Gasteiger partial charge in [-0.2, -0.15) is 0 Å². The number of hydrogen-bond donors (Lipinski definition) is 2. The van der Waals surface area contributed by atoms with Crippen LogP contribution in [0.2, 0.25) is 0 Å². The standard InChI is InChI=1S/C13H17NO3/c15-9-10-5-7-11(8-6-10)13(16)14-17-12-3-1-2-4-12/h5-8,12,15H,1-4,9H2,(H,14,16). The van der Waals surface area contributed by atoms with Crippen molar-refractivity contribution in [2.24, 2.45) is 0 Å². The second kappa shape index (κ2) is 5.80. The molecule has 0 spiro atoms. The summed E-state index contributed by atoms with van der Waals surface area (Å²) in [7, 11) is 0. The summed E-state index contributed by atoms with van der Waals surface area (Å²) < 4.78 is 0. The molecule has 1 aliphatic carbocycles. The van der Waals surface area contributed by atoms with Crippen LogP contribution in [0.15, 0.2) is 24.3 Å². The highest BCUT2D eigenvalue weighted by Crippen LogP contribution is 2.20. The van der Waals surface area contributed by atoms with Crippen molar-refractivity contribution >= 4 is 5.91 Å². The molecule has 4 heteroatoms. The third kappa shape index (κ3) is 3.28. The zero-order chi connectivity index (χ0) is 12.1. The van der Waals surface area contributed by atoms with Crippen LogP contribution in [0.4, 0.5) is 0 Å². The second-order valence-electron chi connectivity index (χ2n) is 4.31.